The van der Waals surface area contributed by atoms with Crippen LogP contribution in [0.4, 0.5) is 0 Å². The largest absolute Gasteiger partial charge is 0.508 e. The number of hydrogen-bond donors (Lipinski definition) is 3. The van der Waals surface area contributed by atoms with Crippen molar-refractivity contribution in [3.63, 3.8) is 0 Å². The Kier molecular flexibility index (Phi) is 4.29. The maximum atomic E-state index is 12.5. The van der Waals surface area contributed by atoms with Crippen LogP contribution in [-0.2, 0) is 5.54 Å². The average molecular weight is 284 g/mol. The van der Waals surface area contributed by atoms with Gasteiger partial charge in [-0.3, -0.25) is 4.79 Å². The maximum Gasteiger partial charge on any atom is 0.252 e. The van der Waals surface area contributed by atoms with Crippen LogP contribution in [0.15, 0.2) is 48.5 Å². The molecule has 0 aliphatic heterocycles. The van der Waals surface area contributed by atoms with Crippen molar-refractivity contribution in [1.82, 2.24) is 5.32 Å². The van der Waals surface area contributed by atoms with Crippen molar-refractivity contribution in [2.24, 2.45) is 5.73 Å². The first kappa shape index (κ1) is 15.1. The van der Waals surface area contributed by atoms with Gasteiger partial charge in [-0.15, -0.1) is 0 Å². The molecule has 110 valence electrons. The summed E-state index contributed by atoms with van der Waals surface area (Å²) in [6.07, 6.45) is 0. The van der Waals surface area contributed by atoms with Crippen molar-refractivity contribution in [3.05, 3.63) is 65.2 Å². The molecular formula is C17H20N2O2. The van der Waals surface area contributed by atoms with Gasteiger partial charge in [-0.05, 0) is 31.5 Å². The van der Waals surface area contributed by atoms with Gasteiger partial charge in [0, 0.05) is 17.7 Å². The number of hydrogen-bond acceptors (Lipinski definition) is 3. The third-order valence-corrected chi connectivity index (χ3v) is 3.76. The molecule has 21 heavy (non-hydrogen) atoms. The molecule has 0 heterocycles. The third kappa shape index (κ3) is 3.06. The first-order valence-electron chi connectivity index (χ1n) is 6.84. The zero-order valence-electron chi connectivity index (χ0n) is 12.3. The second-order valence-electron chi connectivity index (χ2n) is 5.31. The van der Waals surface area contributed by atoms with Crippen molar-refractivity contribution in [2.75, 3.05) is 6.54 Å². The maximum absolute atomic E-state index is 12.5. The number of carbonyl (C=O) groups excluding carboxylic acids is 1. The SMILES string of the molecule is Cc1c(O)cccc1C(=O)NC(C)(CN)c1ccccc1. The van der Waals surface area contributed by atoms with Gasteiger partial charge in [0.25, 0.3) is 5.91 Å². The molecule has 0 radical (unpaired) electrons. The fraction of sp³-hybridized carbons (Fsp3) is 0.235. The number of nitrogens with two attached hydrogens (primary N) is 1. The van der Waals surface area contributed by atoms with E-state index in [4.69, 9.17) is 5.73 Å². The molecule has 1 atom stereocenters. The van der Waals surface area contributed by atoms with Crippen LogP contribution in [0.5, 0.6) is 5.75 Å². The van der Waals surface area contributed by atoms with E-state index >= 15 is 0 Å². The van der Waals surface area contributed by atoms with E-state index in [9.17, 15) is 9.90 Å². The van der Waals surface area contributed by atoms with Crippen LogP contribution in [0.3, 0.4) is 0 Å². The summed E-state index contributed by atoms with van der Waals surface area (Å²) < 4.78 is 0. The fourth-order valence-electron chi connectivity index (χ4n) is 2.23. The highest BCUT2D eigenvalue weighted by atomic mass is 16.3. The van der Waals surface area contributed by atoms with Gasteiger partial charge in [-0.25, -0.2) is 0 Å². The van der Waals surface area contributed by atoms with Gasteiger partial charge in [0.1, 0.15) is 5.75 Å². The van der Waals surface area contributed by atoms with Gasteiger partial charge in [0.05, 0.1) is 5.54 Å². The van der Waals surface area contributed by atoms with Crippen molar-refractivity contribution >= 4 is 5.91 Å². The Morgan fingerprint density at radius 2 is 1.86 bits per heavy atom. The second-order valence-corrected chi connectivity index (χ2v) is 5.31. The number of nitrogens with one attached hydrogen (secondary N) is 1. The molecule has 0 aromatic heterocycles. The lowest BCUT2D eigenvalue weighted by atomic mass is 9.91. The minimum Gasteiger partial charge on any atom is -0.508 e. The highest BCUT2D eigenvalue weighted by Crippen LogP contribution is 2.23. The summed E-state index contributed by atoms with van der Waals surface area (Å²) in [6, 6.07) is 14.5. The Bertz CT molecular complexity index is 640. The van der Waals surface area contributed by atoms with E-state index in [1.54, 1.807) is 25.1 Å². The van der Waals surface area contributed by atoms with E-state index in [-0.39, 0.29) is 18.2 Å². The smallest absolute Gasteiger partial charge is 0.252 e. The predicted octanol–water partition coefficient (Wildman–Crippen LogP) is 2.30. The summed E-state index contributed by atoms with van der Waals surface area (Å²) in [5, 5.41) is 12.7. The fourth-order valence-corrected chi connectivity index (χ4v) is 2.23. The Balaban J connectivity index is 2.30. The van der Waals surface area contributed by atoms with Gasteiger partial charge in [-0.2, -0.15) is 0 Å². The normalized spacial score (nSPS) is 13.5. The molecule has 0 spiro atoms. The van der Waals surface area contributed by atoms with Crippen LogP contribution < -0.4 is 11.1 Å². The van der Waals surface area contributed by atoms with E-state index in [1.165, 1.54) is 0 Å². The minimum atomic E-state index is -0.657. The molecule has 4 nitrogen and oxygen atoms in total. The molecule has 0 aliphatic carbocycles. The van der Waals surface area contributed by atoms with Crippen LogP contribution in [0, 0.1) is 6.92 Å². The lowest BCUT2D eigenvalue weighted by molar-refractivity contribution is 0.0906. The molecule has 4 heteroatoms. The highest BCUT2D eigenvalue weighted by Gasteiger charge is 2.28. The number of phenolic OH excluding ortho intramolecular Hbond substituents is 1. The quantitative estimate of drug-likeness (QED) is 0.806. The summed E-state index contributed by atoms with van der Waals surface area (Å²) in [5.41, 5.74) is 7.16. The monoisotopic (exact) mass is 284 g/mol. The van der Waals surface area contributed by atoms with Crippen LogP contribution in [0.25, 0.3) is 0 Å². The summed E-state index contributed by atoms with van der Waals surface area (Å²) in [4.78, 5) is 12.5. The first-order chi connectivity index (χ1) is 9.98. The second kappa shape index (κ2) is 5.97. The molecule has 2 aromatic rings. The van der Waals surface area contributed by atoms with Crippen LogP contribution >= 0.6 is 0 Å². The number of carbonyl (C=O) groups is 1. The van der Waals surface area contributed by atoms with Crippen molar-refractivity contribution in [1.29, 1.82) is 0 Å². The average Bonchev–Trinajstić information content (AvgIpc) is 2.50. The zero-order valence-corrected chi connectivity index (χ0v) is 12.3. The van der Waals surface area contributed by atoms with Crippen molar-refractivity contribution in [3.8, 4) is 5.75 Å². The predicted molar refractivity (Wildman–Crippen MR) is 83.2 cm³/mol. The summed E-state index contributed by atoms with van der Waals surface area (Å²) in [7, 11) is 0. The Morgan fingerprint density at radius 1 is 1.19 bits per heavy atom. The number of rotatable bonds is 4. The summed E-state index contributed by atoms with van der Waals surface area (Å²) in [5.74, 6) is -0.142. The Morgan fingerprint density at radius 3 is 2.48 bits per heavy atom. The molecule has 0 aliphatic rings. The minimum absolute atomic E-state index is 0.108. The first-order valence-corrected chi connectivity index (χ1v) is 6.84. The van der Waals surface area contributed by atoms with Gasteiger partial charge in [0.2, 0.25) is 0 Å². The lowest BCUT2D eigenvalue weighted by Gasteiger charge is -2.30. The highest BCUT2D eigenvalue weighted by molar-refractivity contribution is 5.96. The number of amides is 1. The van der Waals surface area contributed by atoms with Crippen LogP contribution in [-0.4, -0.2) is 17.6 Å². The van der Waals surface area contributed by atoms with Gasteiger partial charge < -0.3 is 16.2 Å². The van der Waals surface area contributed by atoms with E-state index in [2.05, 4.69) is 5.32 Å². The van der Waals surface area contributed by atoms with Crippen molar-refractivity contribution < 1.29 is 9.90 Å². The molecule has 2 rings (SSSR count). The van der Waals surface area contributed by atoms with Gasteiger partial charge in [-0.1, -0.05) is 36.4 Å². The number of benzene rings is 2. The van der Waals surface area contributed by atoms with Crippen LogP contribution in [0.1, 0.15) is 28.4 Å². The molecule has 1 unspecified atom stereocenters. The third-order valence-electron chi connectivity index (χ3n) is 3.76. The molecular weight excluding hydrogens is 264 g/mol. The molecule has 0 saturated heterocycles. The molecule has 4 N–H and O–H groups in total. The lowest BCUT2D eigenvalue weighted by Crippen LogP contribution is -2.48. The zero-order chi connectivity index (χ0) is 15.5. The van der Waals surface area contributed by atoms with Gasteiger partial charge in [0.15, 0.2) is 0 Å². The van der Waals surface area contributed by atoms with E-state index in [0.29, 0.717) is 11.1 Å². The molecule has 0 saturated carbocycles. The van der Waals surface area contributed by atoms with E-state index in [1.807, 2.05) is 37.3 Å². The van der Waals surface area contributed by atoms with E-state index < -0.39 is 5.54 Å². The van der Waals surface area contributed by atoms with Gasteiger partial charge >= 0.3 is 0 Å². The number of aromatic hydroxyl groups is 1. The molecule has 0 bridgehead atoms. The number of phenols is 1. The standard InChI is InChI=1S/C17H20N2O2/c1-12-14(9-6-10-15(12)20)16(21)19-17(2,11-18)13-7-4-3-5-8-13/h3-10,20H,11,18H2,1-2H3,(H,19,21). The molecule has 0 fully saturated rings. The summed E-state index contributed by atoms with van der Waals surface area (Å²) >= 11 is 0. The molecule has 2 aromatic carbocycles. The Hall–Kier alpha value is -2.33. The van der Waals surface area contributed by atoms with Crippen molar-refractivity contribution in [2.45, 2.75) is 19.4 Å². The summed E-state index contributed by atoms with van der Waals surface area (Å²) in [6.45, 7) is 3.88. The van der Waals surface area contributed by atoms with Crippen LogP contribution in [0.2, 0.25) is 0 Å². The topological polar surface area (TPSA) is 75.3 Å². The van der Waals surface area contributed by atoms with E-state index in [0.717, 1.165) is 5.56 Å². The molecule has 1 amide bonds. The Labute approximate surface area is 124 Å².